The van der Waals surface area contributed by atoms with Gasteiger partial charge in [0.15, 0.2) is 6.10 Å². The van der Waals surface area contributed by atoms with Gasteiger partial charge in [-0.3, -0.25) is 14.2 Å². The molecule has 0 saturated heterocycles. The number of likely N-dealkylation sites (N-methyl/N-ethyl adjacent to an activating group) is 1. The molecule has 0 N–H and O–H groups in total. The van der Waals surface area contributed by atoms with E-state index in [1.165, 1.54) is 135 Å². The van der Waals surface area contributed by atoms with Crippen LogP contribution >= 0.6 is 7.82 Å². The van der Waals surface area contributed by atoms with E-state index in [-0.39, 0.29) is 32.0 Å². The van der Waals surface area contributed by atoms with Gasteiger partial charge in [0, 0.05) is 12.8 Å². The summed E-state index contributed by atoms with van der Waals surface area (Å²) in [5.74, 6) is -0.835. The molecule has 0 amide bonds. The summed E-state index contributed by atoms with van der Waals surface area (Å²) >= 11 is 0. The summed E-state index contributed by atoms with van der Waals surface area (Å²) in [5.41, 5.74) is 0. The lowest BCUT2D eigenvalue weighted by molar-refractivity contribution is -0.870. The molecule has 2 unspecified atom stereocenters. The molecule has 9 nitrogen and oxygen atoms in total. The predicted octanol–water partition coefficient (Wildman–Crippen LogP) is 18.4. The lowest BCUT2D eigenvalue weighted by atomic mass is 10.0. The van der Waals surface area contributed by atoms with E-state index in [1.807, 2.05) is 21.1 Å². The van der Waals surface area contributed by atoms with Crippen LogP contribution in [0.5, 0.6) is 0 Å². The van der Waals surface area contributed by atoms with Gasteiger partial charge in [-0.25, -0.2) is 0 Å². The van der Waals surface area contributed by atoms with E-state index >= 15 is 0 Å². The first kappa shape index (κ1) is 71.2. The third kappa shape index (κ3) is 58.5. The van der Waals surface area contributed by atoms with Gasteiger partial charge in [-0.15, -0.1) is 0 Å². The predicted molar refractivity (Wildman–Crippen MR) is 314 cm³/mol. The standard InChI is InChI=1S/C64H114NO8P/c1-6-8-10-12-14-16-18-20-22-24-26-27-28-29-30-31-32-33-34-35-36-37-39-41-43-45-47-49-51-53-55-57-64(67)73-62(61-72-74(68,69)71-59-58-65(3,4)5)60-70-63(66)56-54-52-50-48-46-44-42-40-38-25-23-21-19-17-15-13-11-9-7-2/h8,10,14-17,20-23,26-27,29-30,62H,6-7,9,11-13,18-19,24-25,28,31-61H2,1-5H3/b10-8-,16-14-,17-15-,22-20-,23-21-,27-26-,30-29-. The van der Waals surface area contributed by atoms with Crippen LogP contribution < -0.4 is 4.89 Å². The van der Waals surface area contributed by atoms with E-state index < -0.39 is 26.5 Å². The van der Waals surface area contributed by atoms with Crippen LogP contribution in [0.4, 0.5) is 0 Å². The summed E-state index contributed by atoms with van der Waals surface area (Å²) in [6.07, 6.45) is 73.4. The van der Waals surface area contributed by atoms with Crippen LogP contribution in [0.3, 0.4) is 0 Å². The molecule has 0 aromatic carbocycles. The van der Waals surface area contributed by atoms with Gasteiger partial charge in [0.2, 0.25) is 0 Å². The van der Waals surface area contributed by atoms with Crippen LogP contribution in [0.1, 0.15) is 258 Å². The molecule has 0 bridgehead atoms. The number of ether oxygens (including phenoxy) is 2. The smallest absolute Gasteiger partial charge is 0.306 e. The van der Waals surface area contributed by atoms with Gasteiger partial charge in [0.05, 0.1) is 27.7 Å². The van der Waals surface area contributed by atoms with Gasteiger partial charge >= 0.3 is 11.9 Å². The maximum absolute atomic E-state index is 12.8. The monoisotopic (exact) mass is 1060 g/mol. The van der Waals surface area contributed by atoms with Crippen LogP contribution in [0, 0.1) is 0 Å². The van der Waals surface area contributed by atoms with E-state index in [1.54, 1.807) is 0 Å². The van der Waals surface area contributed by atoms with Crippen molar-refractivity contribution in [1.82, 2.24) is 0 Å². The molecule has 10 heteroatoms. The third-order valence-electron chi connectivity index (χ3n) is 12.9. The maximum atomic E-state index is 12.8. The number of phosphoric acid groups is 1. The summed E-state index contributed by atoms with van der Waals surface area (Å²) in [4.78, 5) is 37.9. The number of nitrogens with zero attached hydrogens (tertiary/aromatic N) is 1. The largest absolute Gasteiger partial charge is 0.756 e. The van der Waals surface area contributed by atoms with Crippen LogP contribution in [-0.2, 0) is 32.7 Å². The van der Waals surface area contributed by atoms with Crippen LogP contribution in [0.25, 0.3) is 0 Å². The fourth-order valence-corrected chi connectivity index (χ4v) is 8.97. The van der Waals surface area contributed by atoms with Gasteiger partial charge in [0.25, 0.3) is 7.82 Å². The molecule has 2 atom stereocenters. The average Bonchev–Trinajstić information content (AvgIpc) is 3.36. The molecule has 0 aromatic heterocycles. The van der Waals surface area contributed by atoms with Gasteiger partial charge in [-0.05, 0) is 89.9 Å². The number of quaternary nitrogens is 1. The lowest BCUT2D eigenvalue weighted by Crippen LogP contribution is -2.37. The number of carbonyl (C=O) groups excluding carboxylic acids is 2. The number of phosphoric ester groups is 1. The van der Waals surface area contributed by atoms with E-state index in [0.717, 1.165) is 89.9 Å². The van der Waals surface area contributed by atoms with E-state index in [0.29, 0.717) is 17.4 Å². The Morgan fingerprint density at radius 2 is 0.770 bits per heavy atom. The minimum absolute atomic E-state index is 0.0338. The Morgan fingerprint density at radius 1 is 0.432 bits per heavy atom. The summed E-state index contributed by atoms with van der Waals surface area (Å²) in [6, 6.07) is 0. The zero-order valence-corrected chi connectivity index (χ0v) is 49.4. The highest BCUT2D eigenvalue weighted by Crippen LogP contribution is 2.38. The lowest BCUT2D eigenvalue weighted by Gasteiger charge is -2.28. The van der Waals surface area contributed by atoms with Crippen LogP contribution in [0.15, 0.2) is 85.1 Å². The third-order valence-corrected chi connectivity index (χ3v) is 13.9. The minimum atomic E-state index is -4.64. The van der Waals surface area contributed by atoms with Gasteiger partial charge in [-0.1, -0.05) is 240 Å². The van der Waals surface area contributed by atoms with Crippen molar-refractivity contribution in [1.29, 1.82) is 0 Å². The molecule has 0 aliphatic rings. The van der Waals surface area contributed by atoms with Crippen molar-refractivity contribution in [3.05, 3.63) is 85.1 Å². The van der Waals surface area contributed by atoms with E-state index in [9.17, 15) is 19.0 Å². The Balaban J connectivity index is 4.11. The van der Waals surface area contributed by atoms with Crippen molar-refractivity contribution in [3.63, 3.8) is 0 Å². The Hall–Kier alpha value is -2.81. The first-order valence-electron chi connectivity index (χ1n) is 30.3. The number of allylic oxidation sites excluding steroid dienone is 14. The molecule has 428 valence electrons. The number of hydrogen-bond donors (Lipinski definition) is 0. The molecule has 0 radical (unpaired) electrons. The van der Waals surface area contributed by atoms with E-state index in [2.05, 4.69) is 98.9 Å². The van der Waals surface area contributed by atoms with Gasteiger partial charge in [-0.2, -0.15) is 0 Å². The zero-order chi connectivity index (χ0) is 54.2. The SMILES string of the molecule is CC/C=C\C/C=C\C/C=C\C/C=C\C/C=C\CCCCCCCCCCCCCCCCCC(=O)OC(COC(=O)CCCCCCCCCCC/C=C\C/C=C\CCCCC)COP(=O)([O-])OCC[N+](C)(C)C. The maximum Gasteiger partial charge on any atom is 0.306 e. The highest BCUT2D eigenvalue weighted by Gasteiger charge is 2.22. The average molecular weight is 1060 g/mol. The molecule has 0 fully saturated rings. The summed E-state index contributed by atoms with van der Waals surface area (Å²) in [5, 5.41) is 0. The van der Waals surface area contributed by atoms with Crippen molar-refractivity contribution in [2.75, 3.05) is 47.5 Å². The minimum Gasteiger partial charge on any atom is -0.756 e. The normalized spacial score (nSPS) is 13.9. The fraction of sp³-hybridized carbons (Fsp3) is 0.750. The van der Waals surface area contributed by atoms with Gasteiger partial charge < -0.3 is 27.9 Å². The molecule has 0 aromatic rings. The Bertz CT molecular complexity index is 1520. The van der Waals surface area contributed by atoms with Crippen LogP contribution in [0.2, 0.25) is 0 Å². The molecule has 0 saturated carbocycles. The second kappa shape index (κ2) is 55.0. The quantitative estimate of drug-likeness (QED) is 0.0195. The second-order valence-corrected chi connectivity index (χ2v) is 22.7. The van der Waals surface area contributed by atoms with Crippen molar-refractivity contribution in [3.8, 4) is 0 Å². The molecule has 0 aliphatic heterocycles. The summed E-state index contributed by atoms with van der Waals surface area (Å²) in [7, 11) is 1.16. The fourth-order valence-electron chi connectivity index (χ4n) is 8.24. The van der Waals surface area contributed by atoms with Crippen molar-refractivity contribution in [2.24, 2.45) is 0 Å². The molecule has 0 rings (SSSR count). The molecular weight excluding hydrogens is 942 g/mol. The van der Waals surface area contributed by atoms with Crippen molar-refractivity contribution >= 4 is 19.8 Å². The summed E-state index contributed by atoms with van der Waals surface area (Å²) in [6.45, 7) is 4.11. The topological polar surface area (TPSA) is 111 Å². The van der Waals surface area contributed by atoms with Crippen molar-refractivity contribution in [2.45, 2.75) is 264 Å². The highest BCUT2D eigenvalue weighted by molar-refractivity contribution is 7.45. The molecule has 0 spiro atoms. The number of carbonyl (C=O) groups is 2. The summed E-state index contributed by atoms with van der Waals surface area (Å²) < 4.78 is 34.2. The number of esters is 2. The van der Waals surface area contributed by atoms with Crippen LogP contribution in [-0.4, -0.2) is 70.0 Å². The highest BCUT2D eigenvalue weighted by atomic mass is 31.2. The Morgan fingerprint density at radius 3 is 1.15 bits per heavy atom. The molecule has 0 heterocycles. The van der Waals surface area contributed by atoms with E-state index in [4.69, 9.17) is 18.5 Å². The molecule has 0 aliphatic carbocycles. The van der Waals surface area contributed by atoms with Crippen molar-refractivity contribution < 1.29 is 42.1 Å². The Kier molecular flexibility index (Phi) is 52.9. The number of rotatable bonds is 55. The first-order valence-corrected chi connectivity index (χ1v) is 31.8. The molecular formula is C64H114NO8P. The Labute approximate surface area is 456 Å². The second-order valence-electron chi connectivity index (χ2n) is 21.3. The first-order chi connectivity index (χ1) is 36.0. The number of hydrogen-bond acceptors (Lipinski definition) is 8. The van der Waals surface area contributed by atoms with Gasteiger partial charge in [0.1, 0.15) is 19.8 Å². The number of unbranched alkanes of at least 4 members (excludes halogenated alkanes) is 27. The molecule has 74 heavy (non-hydrogen) atoms. The zero-order valence-electron chi connectivity index (χ0n) is 48.5.